The second-order valence-corrected chi connectivity index (χ2v) is 9.59. The van der Waals surface area contributed by atoms with E-state index in [2.05, 4.69) is 0 Å². The Kier molecular flexibility index (Phi) is 7.46. The first kappa shape index (κ1) is 24.8. The van der Waals surface area contributed by atoms with Gasteiger partial charge >= 0.3 is 5.97 Å². The summed E-state index contributed by atoms with van der Waals surface area (Å²) in [5, 5.41) is 9.81. The van der Waals surface area contributed by atoms with Crippen molar-refractivity contribution >= 4 is 39.1 Å². The molecule has 1 unspecified atom stereocenters. The van der Waals surface area contributed by atoms with Crippen LogP contribution in [0.3, 0.4) is 0 Å². The highest BCUT2D eigenvalue weighted by molar-refractivity contribution is 7.91. The fourth-order valence-corrected chi connectivity index (χ4v) is 5.03. The maximum absolute atomic E-state index is 13.1. The molecule has 1 aromatic carbocycles. The van der Waals surface area contributed by atoms with Crippen LogP contribution >= 0.6 is 12.4 Å². The van der Waals surface area contributed by atoms with Crippen molar-refractivity contribution < 1.29 is 27.5 Å². The quantitative estimate of drug-likeness (QED) is 0.528. The van der Waals surface area contributed by atoms with E-state index >= 15 is 0 Å². The van der Waals surface area contributed by atoms with Gasteiger partial charge in [0.1, 0.15) is 11.5 Å². The highest BCUT2D eigenvalue weighted by Gasteiger charge is 2.37. The van der Waals surface area contributed by atoms with Crippen molar-refractivity contribution in [3.63, 3.8) is 0 Å². The monoisotopic (exact) mass is 470 g/mol. The summed E-state index contributed by atoms with van der Waals surface area (Å²) in [7, 11) is 1.65. The van der Waals surface area contributed by atoms with Crippen LogP contribution in [-0.4, -0.2) is 55.9 Å². The Labute approximate surface area is 187 Å². The molecular formula is C21H27ClN2O6S. The Morgan fingerprint density at radius 2 is 1.97 bits per heavy atom. The number of carbonyl (C=O) groups is 1. The second-order valence-electron chi connectivity index (χ2n) is 7.46. The summed E-state index contributed by atoms with van der Waals surface area (Å²) in [5.74, 6) is -0.427. The van der Waals surface area contributed by atoms with E-state index < -0.39 is 21.1 Å². The first-order chi connectivity index (χ1) is 14.1. The van der Waals surface area contributed by atoms with Crippen molar-refractivity contribution in [1.82, 2.24) is 9.47 Å². The molecular weight excluding hydrogens is 444 g/mol. The van der Waals surface area contributed by atoms with Crippen LogP contribution in [0.1, 0.15) is 39.5 Å². The summed E-state index contributed by atoms with van der Waals surface area (Å²) >= 11 is 0. The number of aromatic nitrogens is 1. The lowest BCUT2D eigenvalue weighted by Crippen LogP contribution is -2.19. The Morgan fingerprint density at radius 3 is 2.48 bits per heavy atom. The highest BCUT2D eigenvalue weighted by atomic mass is 35.5. The second kappa shape index (κ2) is 9.33. The molecule has 1 atom stereocenters. The van der Waals surface area contributed by atoms with E-state index in [1.807, 2.05) is 19.0 Å². The molecule has 2 heterocycles. The molecule has 0 radical (unpaired) electrons. The number of carbonyl (C=O) groups excluding carboxylic acids is 1. The molecule has 0 aliphatic heterocycles. The van der Waals surface area contributed by atoms with Gasteiger partial charge in [0.2, 0.25) is 0 Å². The number of benzene rings is 1. The highest BCUT2D eigenvalue weighted by Crippen LogP contribution is 2.41. The number of rotatable bonds is 7. The van der Waals surface area contributed by atoms with Crippen molar-refractivity contribution in [2.24, 2.45) is 7.05 Å². The smallest absolute Gasteiger partial charge is 0.340 e. The molecule has 31 heavy (non-hydrogen) atoms. The molecule has 2 aromatic heterocycles. The lowest BCUT2D eigenvalue weighted by atomic mass is 10.0. The number of furan rings is 1. The Bertz CT molecular complexity index is 1180. The molecule has 0 aliphatic carbocycles. The van der Waals surface area contributed by atoms with Crippen LogP contribution in [0.2, 0.25) is 0 Å². The molecule has 0 aliphatic rings. The van der Waals surface area contributed by atoms with Gasteiger partial charge in [0, 0.05) is 36.3 Å². The Morgan fingerprint density at radius 1 is 1.29 bits per heavy atom. The molecule has 8 nitrogen and oxygen atoms in total. The SMILES string of the molecule is CCOC(=O)c1c(C(c2ccco2)S(C)(=O)=O)n(C)c2ccc(O)c(CN(C)C)c12.Cl. The van der Waals surface area contributed by atoms with E-state index in [0.29, 0.717) is 23.0 Å². The van der Waals surface area contributed by atoms with Crippen molar-refractivity contribution in [2.45, 2.75) is 18.7 Å². The zero-order valence-electron chi connectivity index (χ0n) is 18.1. The number of phenolic OH excluding ortho intramolecular Hbond substituents is 1. The zero-order chi connectivity index (χ0) is 22.2. The minimum absolute atomic E-state index is 0. The Hall–Kier alpha value is -2.49. The third kappa shape index (κ3) is 4.58. The normalized spacial score (nSPS) is 12.7. The predicted molar refractivity (Wildman–Crippen MR) is 121 cm³/mol. The van der Waals surface area contributed by atoms with Crippen molar-refractivity contribution in [3.05, 3.63) is 53.1 Å². The number of fused-ring (bicyclic) bond motifs is 1. The van der Waals surface area contributed by atoms with Crippen LogP contribution in [0.4, 0.5) is 0 Å². The Balaban J connectivity index is 0.00000341. The van der Waals surface area contributed by atoms with Gasteiger partial charge in [-0.2, -0.15) is 0 Å². The van der Waals surface area contributed by atoms with E-state index in [1.54, 1.807) is 42.8 Å². The molecule has 0 saturated carbocycles. The number of aryl methyl sites for hydroxylation is 1. The van der Waals surface area contributed by atoms with Crippen LogP contribution in [0.5, 0.6) is 5.75 Å². The molecule has 3 aromatic rings. The summed E-state index contributed by atoms with van der Waals surface area (Å²) < 4.78 is 38.1. The third-order valence-corrected chi connectivity index (χ3v) is 6.24. The summed E-state index contributed by atoms with van der Waals surface area (Å²) in [6.07, 6.45) is 2.49. The summed E-state index contributed by atoms with van der Waals surface area (Å²) in [5.41, 5.74) is 1.50. The molecule has 0 fully saturated rings. The van der Waals surface area contributed by atoms with Gasteiger partial charge in [-0.05, 0) is 45.3 Å². The number of esters is 1. The van der Waals surface area contributed by atoms with E-state index in [0.717, 1.165) is 6.26 Å². The number of sulfone groups is 1. The van der Waals surface area contributed by atoms with Gasteiger partial charge in [0.15, 0.2) is 15.1 Å². The average molecular weight is 471 g/mol. The van der Waals surface area contributed by atoms with Crippen LogP contribution in [0.25, 0.3) is 10.9 Å². The molecule has 3 rings (SSSR count). The lowest BCUT2D eigenvalue weighted by molar-refractivity contribution is 0.0527. The third-order valence-electron chi connectivity index (χ3n) is 4.93. The number of phenols is 1. The molecule has 170 valence electrons. The van der Waals surface area contributed by atoms with Gasteiger partial charge in [-0.3, -0.25) is 0 Å². The number of ether oxygens (including phenoxy) is 1. The fraction of sp³-hybridized carbons (Fsp3) is 0.381. The predicted octanol–water partition coefficient (Wildman–Crippen LogP) is 3.27. The van der Waals surface area contributed by atoms with E-state index in [4.69, 9.17) is 9.15 Å². The lowest BCUT2D eigenvalue weighted by Gasteiger charge is -2.17. The van der Waals surface area contributed by atoms with Crippen LogP contribution < -0.4 is 0 Å². The first-order valence-electron chi connectivity index (χ1n) is 9.45. The summed E-state index contributed by atoms with van der Waals surface area (Å²) in [6, 6.07) is 6.37. The molecule has 0 amide bonds. The van der Waals surface area contributed by atoms with E-state index in [1.165, 1.54) is 6.26 Å². The number of hydrogen-bond donors (Lipinski definition) is 1. The largest absolute Gasteiger partial charge is 0.508 e. The van der Waals surface area contributed by atoms with Crippen molar-refractivity contribution in [2.75, 3.05) is 27.0 Å². The van der Waals surface area contributed by atoms with Gasteiger partial charge in [-0.1, -0.05) is 0 Å². The first-order valence-corrected chi connectivity index (χ1v) is 11.4. The van der Waals surface area contributed by atoms with Crippen molar-refractivity contribution in [1.29, 1.82) is 0 Å². The standard InChI is InChI=1S/C21H26N2O6S.ClH/c1-6-28-21(25)18-17-13(12-22(2)3)15(24)10-9-14(17)23(4)19(18)20(30(5,26)27)16-8-7-11-29-16;/h7-11,20,24H,6,12H2,1-5H3;1H. The number of hydrogen-bond acceptors (Lipinski definition) is 7. The van der Waals surface area contributed by atoms with E-state index in [-0.39, 0.29) is 41.8 Å². The van der Waals surface area contributed by atoms with Gasteiger partial charge < -0.3 is 23.7 Å². The van der Waals surface area contributed by atoms with Crippen LogP contribution in [0, 0.1) is 0 Å². The minimum Gasteiger partial charge on any atom is -0.508 e. The van der Waals surface area contributed by atoms with Crippen LogP contribution in [0.15, 0.2) is 34.9 Å². The summed E-state index contributed by atoms with van der Waals surface area (Å²) in [6.45, 7) is 2.16. The molecule has 0 spiro atoms. The van der Waals surface area contributed by atoms with Gasteiger partial charge in [0.25, 0.3) is 0 Å². The van der Waals surface area contributed by atoms with E-state index in [9.17, 15) is 18.3 Å². The van der Waals surface area contributed by atoms with Crippen LogP contribution in [-0.2, 0) is 28.2 Å². The number of halogens is 1. The molecule has 10 heteroatoms. The maximum Gasteiger partial charge on any atom is 0.340 e. The fourth-order valence-electron chi connectivity index (χ4n) is 3.79. The summed E-state index contributed by atoms with van der Waals surface area (Å²) in [4.78, 5) is 14.9. The molecule has 0 saturated heterocycles. The average Bonchev–Trinajstić information content (AvgIpc) is 3.24. The zero-order valence-corrected chi connectivity index (χ0v) is 19.7. The minimum atomic E-state index is -3.72. The number of aromatic hydroxyl groups is 1. The topological polar surface area (TPSA) is 102 Å². The van der Waals surface area contributed by atoms with Gasteiger partial charge in [0.05, 0.1) is 24.1 Å². The molecule has 1 N–H and O–H groups in total. The van der Waals surface area contributed by atoms with Gasteiger partial charge in [-0.15, -0.1) is 12.4 Å². The maximum atomic E-state index is 13.1. The van der Waals surface area contributed by atoms with Gasteiger partial charge in [-0.25, -0.2) is 13.2 Å². The number of nitrogens with zero attached hydrogens (tertiary/aromatic N) is 2. The molecule has 0 bridgehead atoms. The van der Waals surface area contributed by atoms with Crippen molar-refractivity contribution in [3.8, 4) is 5.75 Å².